The van der Waals surface area contributed by atoms with Crippen molar-refractivity contribution in [1.82, 2.24) is 9.88 Å². The molecule has 3 nitrogen and oxygen atoms in total. The molecular weight excluding hydrogens is 266 g/mol. The monoisotopic (exact) mass is 289 g/mol. The molecule has 0 amide bonds. The molecule has 0 bridgehead atoms. The molecule has 2 aromatic rings. The summed E-state index contributed by atoms with van der Waals surface area (Å²) in [6, 6.07) is 10.5. The van der Waals surface area contributed by atoms with Crippen molar-refractivity contribution in [2.75, 3.05) is 13.6 Å². The summed E-state index contributed by atoms with van der Waals surface area (Å²) in [5.41, 5.74) is 8.60. The molecule has 2 N–H and O–H groups in total. The summed E-state index contributed by atoms with van der Waals surface area (Å²) in [6.45, 7) is 4.02. The molecule has 2 rings (SSSR count). The molecule has 1 atom stereocenters. The standard InChI is InChI=1S/C16H23N3S/c1-13-18-15(12-20-13)11-19(2)10-6-9-16(17)14-7-4-3-5-8-14/h3-5,7-8,12,16H,6,9-11,17H2,1-2H3. The van der Waals surface area contributed by atoms with Gasteiger partial charge in [0.15, 0.2) is 0 Å². The van der Waals surface area contributed by atoms with Crippen molar-refractivity contribution in [3.8, 4) is 0 Å². The number of hydrogen-bond acceptors (Lipinski definition) is 4. The number of benzene rings is 1. The summed E-state index contributed by atoms with van der Waals surface area (Å²) in [5, 5.41) is 3.28. The van der Waals surface area contributed by atoms with Crippen LogP contribution in [0.25, 0.3) is 0 Å². The molecule has 1 heterocycles. The zero-order valence-electron chi connectivity index (χ0n) is 12.2. The van der Waals surface area contributed by atoms with Crippen molar-refractivity contribution in [2.45, 2.75) is 32.4 Å². The Morgan fingerprint density at radius 2 is 2.05 bits per heavy atom. The number of aryl methyl sites for hydroxylation is 1. The van der Waals surface area contributed by atoms with Crippen LogP contribution < -0.4 is 5.73 Å². The summed E-state index contributed by atoms with van der Waals surface area (Å²) >= 11 is 1.71. The van der Waals surface area contributed by atoms with Gasteiger partial charge in [-0.15, -0.1) is 11.3 Å². The summed E-state index contributed by atoms with van der Waals surface area (Å²) < 4.78 is 0. The predicted molar refractivity (Wildman–Crippen MR) is 85.8 cm³/mol. The fraction of sp³-hybridized carbons (Fsp3) is 0.438. The van der Waals surface area contributed by atoms with E-state index in [4.69, 9.17) is 5.73 Å². The molecule has 0 aliphatic rings. The highest BCUT2D eigenvalue weighted by molar-refractivity contribution is 7.09. The fourth-order valence-electron chi connectivity index (χ4n) is 2.28. The van der Waals surface area contributed by atoms with Crippen molar-refractivity contribution in [1.29, 1.82) is 0 Å². The van der Waals surface area contributed by atoms with E-state index in [-0.39, 0.29) is 6.04 Å². The van der Waals surface area contributed by atoms with Gasteiger partial charge in [-0.05, 0) is 38.9 Å². The lowest BCUT2D eigenvalue weighted by Gasteiger charge is -2.17. The fourth-order valence-corrected chi connectivity index (χ4v) is 2.89. The zero-order chi connectivity index (χ0) is 14.4. The first-order valence-electron chi connectivity index (χ1n) is 7.05. The molecule has 0 aliphatic heterocycles. The summed E-state index contributed by atoms with van der Waals surface area (Å²) in [5.74, 6) is 0. The zero-order valence-corrected chi connectivity index (χ0v) is 13.1. The summed E-state index contributed by atoms with van der Waals surface area (Å²) in [4.78, 5) is 6.81. The molecule has 0 saturated carbocycles. The van der Waals surface area contributed by atoms with Crippen LogP contribution >= 0.6 is 11.3 Å². The van der Waals surface area contributed by atoms with E-state index in [1.807, 2.05) is 25.1 Å². The molecular formula is C16H23N3S. The first-order valence-corrected chi connectivity index (χ1v) is 7.93. The maximum Gasteiger partial charge on any atom is 0.0897 e. The second-order valence-electron chi connectivity index (χ2n) is 5.26. The number of rotatable bonds is 7. The molecule has 108 valence electrons. The molecule has 0 aliphatic carbocycles. The minimum atomic E-state index is 0.145. The maximum atomic E-state index is 6.21. The van der Waals surface area contributed by atoms with Crippen LogP contribution in [0.5, 0.6) is 0 Å². The molecule has 1 aromatic heterocycles. The number of hydrogen-bond donors (Lipinski definition) is 1. The van der Waals surface area contributed by atoms with Crippen molar-refractivity contribution >= 4 is 11.3 Å². The van der Waals surface area contributed by atoms with Gasteiger partial charge < -0.3 is 10.6 Å². The predicted octanol–water partition coefficient (Wildman–Crippen LogP) is 3.36. The van der Waals surface area contributed by atoms with Gasteiger partial charge >= 0.3 is 0 Å². The van der Waals surface area contributed by atoms with Crippen LogP contribution in [0.15, 0.2) is 35.7 Å². The molecule has 4 heteroatoms. The van der Waals surface area contributed by atoms with Gasteiger partial charge in [-0.25, -0.2) is 4.98 Å². The van der Waals surface area contributed by atoms with Crippen LogP contribution in [0.3, 0.4) is 0 Å². The van der Waals surface area contributed by atoms with E-state index in [9.17, 15) is 0 Å². The average Bonchev–Trinajstić information content (AvgIpc) is 2.85. The summed E-state index contributed by atoms with van der Waals surface area (Å²) in [7, 11) is 2.14. The number of nitrogens with zero attached hydrogens (tertiary/aromatic N) is 2. The van der Waals surface area contributed by atoms with Crippen molar-refractivity contribution in [3.05, 3.63) is 52.0 Å². The van der Waals surface area contributed by atoms with Gasteiger partial charge in [0.1, 0.15) is 0 Å². The van der Waals surface area contributed by atoms with Crippen molar-refractivity contribution < 1.29 is 0 Å². The van der Waals surface area contributed by atoms with E-state index < -0.39 is 0 Å². The van der Waals surface area contributed by atoms with Gasteiger partial charge in [0.05, 0.1) is 10.7 Å². The first-order chi connectivity index (χ1) is 9.65. The second-order valence-corrected chi connectivity index (χ2v) is 6.32. The highest BCUT2D eigenvalue weighted by Gasteiger charge is 2.07. The Morgan fingerprint density at radius 3 is 2.70 bits per heavy atom. The normalized spacial score (nSPS) is 12.8. The number of aromatic nitrogens is 1. The van der Waals surface area contributed by atoms with Gasteiger partial charge in [-0.1, -0.05) is 30.3 Å². The van der Waals surface area contributed by atoms with Crippen LogP contribution in [0.1, 0.15) is 35.1 Å². The Hall–Kier alpha value is -1.23. The lowest BCUT2D eigenvalue weighted by atomic mass is 10.0. The van der Waals surface area contributed by atoms with Crippen molar-refractivity contribution in [3.63, 3.8) is 0 Å². The highest BCUT2D eigenvalue weighted by atomic mass is 32.1. The first kappa shape index (κ1) is 15.2. The Morgan fingerprint density at radius 1 is 1.30 bits per heavy atom. The average molecular weight is 289 g/mol. The Bertz CT molecular complexity index is 509. The van der Waals surface area contributed by atoms with E-state index >= 15 is 0 Å². The molecule has 0 saturated heterocycles. The van der Waals surface area contributed by atoms with Gasteiger partial charge in [0.25, 0.3) is 0 Å². The van der Waals surface area contributed by atoms with Gasteiger partial charge in [0.2, 0.25) is 0 Å². The SMILES string of the molecule is Cc1nc(CN(C)CCCC(N)c2ccccc2)cs1. The van der Waals surface area contributed by atoms with Crippen LogP contribution in [0.2, 0.25) is 0 Å². The Labute approximate surface area is 125 Å². The van der Waals surface area contributed by atoms with Crippen LogP contribution in [0.4, 0.5) is 0 Å². The van der Waals surface area contributed by atoms with Gasteiger partial charge in [0, 0.05) is 18.0 Å². The molecule has 0 radical (unpaired) electrons. The molecule has 0 fully saturated rings. The topological polar surface area (TPSA) is 42.2 Å². The largest absolute Gasteiger partial charge is 0.324 e. The minimum Gasteiger partial charge on any atom is -0.324 e. The van der Waals surface area contributed by atoms with Crippen LogP contribution in [-0.4, -0.2) is 23.5 Å². The highest BCUT2D eigenvalue weighted by Crippen LogP contribution is 2.16. The number of thiazole rings is 1. The summed E-state index contributed by atoms with van der Waals surface area (Å²) in [6.07, 6.45) is 2.13. The molecule has 1 unspecified atom stereocenters. The van der Waals surface area contributed by atoms with Gasteiger partial charge in [-0.3, -0.25) is 0 Å². The van der Waals surface area contributed by atoms with E-state index in [1.54, 1.807) is 11.3 Å². The third kappa shape index (κ3) is 4.71. The van der Waals surface area contributed by atoms with E-state index in [1.165, 1.54) is 11.3 Å². The van der Waals surface area contributed by atoms with Crippen molar-refractivity contribution in [2.24, 2.45) is 5.73 Å². The van der Waals surface area contributed by atoms with Crippen LogP contribution in [0, 0.1) is 6.92 Å². The Balaban J connectivity index is 1.70. The molecule has 20 heavy (non-hydrogen) atoms. The van der Waals surface area contributed by atoms with E-state index in [0.29, 0.717) is 0 Å². The third-order valence-electron chi connectivity index (χ3n) is 3.38. The minimum absolute atomic E-state index is 0.145. The quantitative estimate of drug-likeness (QED) is 0.850. The smallest absolute Gasteiger partial charge is 0.0897 e. The lowest BCUT2D eigenvalue weighted by molar-refractivity contribution is 0.311. The maximum absolute atomic E-state index is 6.21. The van der Waals surface area contributed by atoms with Gasteiger partial charge in [-0.2, -0.15) is 0 Å². The number of nitrogens with two attached hydrogens (primary N) is 1. The van der Waals surface area contributed by atoms with E-state index in [0.717, 1.165) is 30.9 Å². The molecule has 1 aromatic carbocycles. The Kier molecular flexibility index (Phi) is 5.71. The molecule has 0 spiro atoms. The van der Waals surface area contributed by atoms with E-state index in [2.05, 4.69) is 34.4 Å². The lowest BCUT2D eigenvalue weighted by Crippen LogP contribution is -2.21. The second kappa shape index (κ2) is 7.53. The third-order valence-corrected chi connectivity index (χ3v) is 4.20. The van der Waals surface area contributed by atoms with Crippen LogP contribution in [-0.2, 0) is 6.54 Å².